The number of anilines is 1. The highest BCUT2D eigenvalue weighted by Crippen LogP contribution is 2.17. The lowest BCUT2D eigenvalue weighted by Gasteiger charge is -2.06. The summed E-state index contributed by atoms with van der Waals surface area (Å²) in [6.45, 7) is -0.0488. The van der Waals surface area contributed by atoms with E-state index < -0.39 is 23.2 Å². The van der Waals surface area contributed by atoms with Crippen molar-refractivity contribution in [2.45, 2.75) is 6.61 Å². The third kappa shape index (κ3) is 3.04. The Kier molecular flexibility index (Phi) is 3.70. The normalized spacial score (nSPS) is 10.2. The van der Waals surface area contributed by atoms with Crippen LogP contribution in [-0.4, -0.2) is 11.0 Å². The molecule has 1 heterocycles. The molecule has 19 heavy (non-hydrogen) atoms. The number of hydrogen-bond acceptors (Lipinski definition) is 4. The fourth-order valence-electron chi connectivity index (χ4n) is 1.42. The van der Waals surface area contributed by atoms with Crippen molar-refractivity contribution < 1.29 is 18.3 Å². The molecule has 0 radical (unpaired) electrons. The van der Waals surface area contributed by atoms with Crippen LogP contribution in [0.3, 0.4) is 0 Å². The average molecular weight is 264 g/mol. The van der Waals surface area contributed by atoms with Gasteiger partial charge in [-0.05, 0) is 23.8 Å². The molecule has 0 atom stereocenters. The van der Waals surface area contributed by atoms with Crippen LogP contribution in [0.5, 0.6) is 0 Å². The quantitative estimate of drug-likeness (QED) is 0.682. The van der Waals surface area contributed by atoms with E-state index in [-0.39, 0.29) is 12.3 Å². The summed E-state index contributed by atoms with van der Waals surface area (Å²) >= 11 is 0. The van der Waals surface area contributed by atoms with Gasteiger partial charge in [0.05, 0.1) is 11.3 Å². The number of carbonyl (C=O) groups excluding carboxylic acids is 1. The molecule has 0 unspecified atom stereocenters. The average Bonchev–Trinajstić information content (AvgIpc) is 2.41. The first-order valence-corrected chi connectivity index (χ1v) is 5.38. The highest BCUT2D eigenvalue weighted by atomic mass is 19.1. The van der Waals surface area contributed by atoms with Crippen molar-refractivity contribution in [1.82, 2.24) is 4.98 Å². The van der Waals surface area contributed by atoms with Crippen LogP contribution in [0.25, 0.3) is 0 Å². The predicted molar refractivity (Wildman–Crippen MR) is 64.1 cm³/mol. The lowest BCUT2D eigenvalue weighted by atomic mass is 10.2. The largest absolute Gasteiger partial charge is 0.457 e. The van der Waals surface area contributed by atoms with E-state index in [1.807, 2.05) is 0 Å². The standard InChI is InChI=1S/C13H10F2N2O2/c14-10-6-12(16)11(15)5-9(10)13(18)19-7-8-1-3-17-4-2-8/h1-6H,7,16H2. The molecule has 98 valence electrons. The summed E-state index contributed by atoms with van der Waals surface area (Å²) in [6.07, 6.45) is 3.07. The van der Waals surface area contributed by atoms with Gasteiger partial charge in [0.15, 0.2) is 0 Å². The summed E-state index contributed by atoms with van der Waals surface area (Å²) in [7, 11) is 0. The smallest absolute Gasteiger partial charge is 0.341 e. The minimum absolute atomic E-state index is 0.0488. The van der Waals surface area contributed by atoms with Gasteiger partial charge in [0.25, 0.3) is 0 Å². The molecule has 0 aliphatic rings. The maximum atomic E-state index is 13.4. The first kappa shape index (κ1) is 12.9. The number of nitrogens with two attached hydrogens (primary N) is 1. The van der Waals surface area contributed by atoms with Crippen LogP contribution < -0.4 is 5.73 Å². The van der Waals surface area contributed by atoms with E-state index in [0.717, 1.165) is 12.1 Å². The number of pyridine rings is 1. The molecular formula is C13H10F2N2O2. The zero-order valence-corrected chi connectivity index (χ0v) is 9.77. The van der Waals surface area contributed by atoms with Gasteiger partial charge >= 0.3 is 5.97 Å². The summed E-state index contributed by atoms with van der Waals surface area (Å²) in [5, 5.41) is 0. The molecule has 6 heteroatoms. The van der Waals surface area contributed by atoms with E-state index in [1.54, 1.807) is 12.1 Å². The number of benzene rings is 1. The fourth-order valence-corrected chi connectivity index (χ4v) is 1.42. The van der Waals surface area contributed by atoms with Gasteiger partial charge in [0.1, 0.15) is 18.2 Å². The number of ether oxygens (including phenoxy) is 1. The van der Waals surface area contributed by atoms with E-state index in [9.17, 15) is 13.6 Å². The van der Waals surface area contributed by atoms with Crippen molar-refractivity contribution in [3.8, 4) is 0 Å². The molecule has 0 saturated carbocycles. The third-order valence-corrected chi connectivity index (χ3v) is 2.43. The van der Waals surface area contributed by atoms with Crippen LogP contribution in [0.2, 0.25) is 0 Å². The van der Waals surface area contributed by atoms with Crippen LogP contribution in [-0.2, 0) is 11.3 Å². The molecule has 1 aromatic heterocycles. The number of esters is 1. The van der Waals surface area contributed by atoms with Crippen molar-refractivity contribution in [2.75, 3.05) is 5.73 Å². The molecular weight excluding hydrogens is 254 g/mol. The molecule has 2 aromatic rings. The Morgan fingerprint density at radius 3 is 2.58 bits per heavy atom. The van der Waals surface area contributed by atoms with Gasteiger partial charge in [-0.2, -0.15) is 0 Å². The van der Waals surface area contributed by atoms with E-state index >= 15 is 0 Å². The second-order valence-corrected chi connectivity index (χ2v) is 3.79. The first-order valence-electron chi connectivity index (χ1n) is 5.38. The molecule has 0 amide bonds. The van der Waals surface area contributed by atoms with Crippen LogP contribution in [0.15, 0.2) is 36.7 Å². The van der Waals surface area contributed by atoms with E-state index in [2.05, 4.69) is 4.98 Å². The zero-order chi connectivity index (χ0) is 13.8. The summed E-state index contributed by atoms with van der Waals surface area (Å²) in [6, 6.07) is 4.76. The zero-order valence-electron chi connectivity index (χ0n) is 9.77. The van der Waals surface area contributed by atoms with Gasteiger partial charge in [0, 0.05) is 18.5 Å². The Balaban J connectivity index is 2.10. The first-order chi connectivity index (χ1) is 9.08. The number of halogens is 2. The number of nitrogen functional groups attached to an aromatic ring is 1. The summed E-state index contributed by atoms with van der Waals surface area (Å²) in [5.74, 6) is -2.73. The number of carbonyl (C=O) groups is 1. The third-order valence-electron chi connectivity index (χ3n) is 2.43. The molecule has 0 saturated heterocycles. The fraction of sp³-hybridized carbons (Fsp3) is 0.0769. The molecule has 0 spiro atoms. The minimum Gasteiger partial charge on any atom is -0.457 e. The lowest BCUT2D eigenvalue weighted by molar-refractivity contribution is 0.0466. The van der Waals surface area contributed by atoms with Crippen molar-refractivity contribution in [2.24, 2.45) is 0 Å². The number of nitrogens with zero attached hydrogens (tertiary/aromatic N) is 1. The summed E-state index contributed by atoms with van der Waals surface area (Å²) in [4.78, 5) is 15.4. The molecule has 1 aromatic carbocycles. The van der Waals surface area contributed by atoms with E-state index in [4.69, 9.17) is 10.5 Å². The number of hydrogen-bond donors (Lipinski definition) is 1. The van der Waals surface area contributed by atoms with Gasteiger partial charge in [-0.25, -0.2) is 13.6 Å². The van der Waals surface area contributed by atoms with Crippen molar-refractivity contribution >= 4 is 11.7 Å². The van der Waals surface area contributed by atoms with E-state index in [0.29, 0.717) is 5.56 Å². The van der Waals surface area contributed by atoms with Crippen molar-refractivity contribution in [3.63, 3.8) is 0 Å². The summed E-state index contributed by atoms with van der Waals surface area (Å²) in [5.41, 5.74) is 5.03. The Bertz CT molecular complexity index is 603. The number of aromatic nitrogens is 1. The maximum absolute atomic E-state index is 13.4. The molecule has 0 aliphatic carbocycles. The second-order valence-electron chi connectivity index (χ2n) is 3.79. The van der Waals surface area contributed by atoms with Crippen LogP contribution in [0.4, 0.5) is 14.5 Å². The minimum atomic E-state index is -0.951. The number of rotatable bonds is 3. The maximum Gasteiger partial charge on any atom is 0.341 e. The van der Waals surface area contributed by atoms with Crippen LogP contribution in [0, 0.1) is 11.6 Å². The van der Waals surface area contributed by atoms with Gasteiger partial charge in [-0.3, -0.25) is 4.98 Å². The topological polar surface area (TPSA) is 65.2 Å². The molecule has 4 nitrogen and oxygen atoms in total. The molecule has 0 bridgehead atoms. The van der Waals surface area contributed by atoms with E-state index in [1.165, 1.54) is 12.4 Å². The second kappa shape index (κ2) is 5.43. The molecule has 2 rings (SSSR count). The van der Waals surface area contributed by atoms with Gasteiger partial charge in [-0.1, -0.05) is 0 Å². The monoisotopic (exact) mass is 264 g/mol. The van der Waals surface area contributed by atoms with Crippen LogP contribution in [0.1, 0.15) is 15.9 Å². The van der Waals surface area contributed by atoms with Gasteiger partial charge in [-0.15, -0.1) is 0 Å². The Morgan fingerprint density at radius 2 is 1.89 bits per heavy atom. The molecule has 2 N–H and O–H groups in total. The highest BCUT2D eigenvalue weighted by Gasteiger charge is 2.16. The Hall–Kier alpha value is -2.50. The molecule has 0 fully saturated rings. The van der Waals surface area contributed by atoms with Crippen molar-refractivity contribution in [3.05, 3.63) is 59.4 Å². The Labute approximate surface area is 107 Å². The summed E-state index contributed by atoms with van der Waals surface area (Å²) < 4.78 is 31.5. The van der Waals surface area contributed by atoms with Gasteiger partial charge < -0.3 is 10.5 Å². The van der Waals surface area contributed by atoms with Crippen LogP contribution >= 0.6 is 0 Å². The SMILES string of the molecule is Nc1cc(F)c(C(=O)OCc2ccncc2)cc1F. The highest BCUT2D eigenvalue weighted by molar-refractivity contribution is 5.90. The molecule has 0 aliphatic heterocycles. The van der Waals surface area contributed by atoms with Gasteiger partial charge in [0.2, 0.25) is 0 Å². The lowest BCUT2D eigenvalue weighted by Crippen LogP contribution is -2.09. The predicted octanol–water partition coefficient (Wildman–Crippen LogP) is 2.30. The van der Waals surface area contributed by atoms with Crippen molar-refractivity contribution in [1.29, 1.82) is 0 Å². The Morgan fingerprint density at radius 1 is 1.21 bits per heavy atom.